The fourth-order valence-corrected chi connectivity index (χ4v) is 12.1. The monoisotopic (exact) mass is 1140 g/mol. The molecule has 404 valence electrons. The van der Waals surface area contributed by atoms with Crippen molar-refractivity contribution in [3.05, 3.63) is 194 Å². The molecule has 20 heteroatoms. The Labute approximate surface area is 472 Å². The highest BCUT2D eigenvalue weighted by atomic mass is 32.2. The van der Waals surface area contributed by atoms with Gasteiger partial charge in [0.15, 0.2) is 23.1 Å². The van der Waals surface area contributed by atoms with Crippen LogP contribution in [0.25, 0.3) is 144 Å². The highest BCUT2D eigenvalue weighted by Gasteiger charge is 2.25. The van der Waals surface area contributed by atoms with Gasteiger partial charge in [-0.05, 0) is 131 Å². The maximum atomic E-state index is 11.9. The van der Waals surface area contributed by atoms with Crippen LogP contribution in [0.3, 0.4) is 0 Å². The second kappa shape index (κ2) is 18.3. The molecule has 4 N–H and O–H groups in total. The van der Waals surface area contributed by atoms with Crippen molar-refractivity contribution in [3.63, 3.8) is 0 Å². The summed E-state index contributed by atoms with van der Waals surface area (Å²) in [5.74, 6) is 2.09. The van der Waals surface area contributed by atoms with Crippen LogP contribution in [-0.4, -0.2) is 65.8 Å². The summed E-state index contributed by atoms with van der Waals surface area (Å²) in [6.07, 6.45) is 0. The van der Waals surface area contributed by atoms with Gasteiger partial charge in [-0.15, -0.1) is 0 Å². The van der Waals surface area contributed by atoms with E-state index in [4.69, 9.17) is 48.2 Å². The highest BCUT2D eigenvalue weighted by Crippen LogP contribution is 2.42. The van der Waals surface area contributed by atoms with Gasteiger partial charge in [-0.3, -0.25) is 9.11 Å². The smallest absolute Gasteiger partial charge is 0.294 e. The van der Waals surface area contributed by atoms with Crippen LogP contribution in [-0.2, 0) is 20.2 Å². The van der Waals surface area contributed by atoms with E-state index >= 15 is 0 Å². The molecule has 3 aliphatic heterocycles. The summed E-state index contributed by atoms with van der Waals surface area (Å²) in [7, 11) is -8.91. The maximum Gasteiger partial charge on any atom is 0.294 e. The lowest BCUT2D eigenvalue weighted by molar-refractivity contribution is 0.476. The molecule has 0 fully saturated rings. The van der Waals surface area contributed by atoms with Gasteiger partial charge < -0.3 is 28.3 Å². The average Bonchev–Trinajstić information content (AvgIpc) is 1.82. The topological polar surface area (TPSA) is 262 Å². The van der Waals surface area contributed by atoms with Crippen molar-refractivity contribution in [2.75, 3.05) is 0 Å². The number of aromatic nitrogens is 8. The third-order valence-corrected chi connectivity index (χ3v) is 16.7. The van der Waals surface area contributed by atoms with Crippen LogP contribution in [0.4, 0.5) is 0 Å². The zero-order valence-electron chi connectivity index (χ0n) is 43.1. The molecule has 0 radical (unpaired) electrons. The molecule has 0 aliphatic carbocycles. The summed E-state index contributed by atoms with van der Waals surface area (Å²) < 4.78 is 93.8. The van der Waals surface area contributed by atoms with E-state index in [0.29, 0.717) is 117 Å². The molecule has 0 spiro atoms. The Morgan fingerprint density at radius 1 is 0.357 bits per heavy atom. The number of aromatic amines is 2. The lowest BCUT2D eigenvalue weighted by atomic mass is 9.99. The molecule has 13 aromatic rings. The minimum atomic E-state index is -4.45. The zero-order valence-corrected chi connectivity index (χ0v) is 44.8. The van der Waals surface area contributed by atoms with Gasteiger partial charge in [0.05, 0.1) is 20.7 Å². The van der Waals surface area contributed by atoms with E-state index in [9.17, 15) is 25.9 Å². The maximum absolute atomic E-state index is 11.9. The second-order valence-electron chi connectivity index (χ2n) is 20.0. The van der Waals surface area contributed by atoms with Crippen molar-refractivity contribution in [3.8, 4) is 57.2 Å². The van der Waals surface area contributed by atoms with Crippen LogP contribution in [0.1, 0.15) is 0 Å². The van der Waals surface area contributed by atoms with E-state index in [1.807, 2.05) is 91.0 Å². The Morgan fingerprint density at radius 3 is 1.51 bits per heavy atom. The van der Waals surface area contributed by atoms with Crippen molar-refractivity contribution >= 4 is 130 Å². The molecular weight excluding hydrogens is 1100 g/mol. The van der Waals surface area contributed by atoms with Crippen molar-refractivity contribution in [1.82, 2.24) is 39.9 Å². The first-order valence-electron chi connectivity index (χ1n) is 26.1. The Hall–Kier alpha value is -10.9. The van der Waals surface area contributed by atoms with E-state index < -0.39 is 20.2 Å². The molecule has 0 amide bonds. The number of hydrogen-bond donors (Lipinski definition) is 4. The molecule has 84 heavy (non-hydrogen) atoms. The lowest BCUT2D eigenvalue weighted by Gasteiger charge is -2.08. The largest absolute Gasteiger partial charge is 0.457 e. The molecule has 6 heterocycles. The van der Waals surface area contributed by atoms with Gasteiger partial charge in [-0.1, -0.05) is 84.9 Å². The predicted octanol–water partition coefficient (Wildman–Crippen LogP) is 15.1. The van der Waals surface area contributed by atoms with Crippen molar-refractivity contribution in [1.29, 1.82) is 0 Å². The van der Waals surface area contributed by atoms with Gasteiger partial charge in [0.25, 0.3) is 20.2 Å². The molecule has 0 unspecified atom stereocenters. The average molecular weight is 1140 g/mol. The number of benzene rings is 10. The molecule has 18 nitrogen and oxygen atoms in total. The number of H-pyrrole nitrogens is 2. The van der Waals surface area contributed by atoms with Gasteiger partial charge in [0.1, 0.15) is 67.9 Å². The van der Waals surface area contributed by atoms with Crippen LogP contribution in [0, 0.1) is 0 Å². The quantitative estimate of drug-likeness (QED) is 0.113. The van der Waals surface area contributed by atoms with Gasteiger partial charge >= 0.3 is 0 Å². The summed E-state index contributed by atoms with van der Waals surface area (Å²) in [6.45, 7) is 0. The van der Waals surface area contributed by atoms with E-state index in [-0.39, 0.29) is 27.3 Å². The van der Waals surface area contributed by atoms with Crippen molar-refractivity contribution in [2.45, 2.75) is 9.79 Å². The van der Waals surface area contributed by atoms with Crippen molar-refractivity contribution < 1.29 is 44.2 Å². The summed E-state index contributed by atoms with van der Waals surface area (Å²) in [6, 6.07) is 57.2. The second-order valence-corrected chi connectivity index (χ2v) is 22.8. The summed E-state index contributed by atoms with van der Waals surface area (Å²) in [4.78, 5) is 37.9. The Balaban J connectivity index is 1.04. The number of fused-ring (bicyclic) bond motifs is 21. The van der Waals surface area contributed by atoms with Crippen LogP contribution < -0.4 is 9.47 Å². The molecule has 8 bridgehead atoms. The number of rotatable bonds is 6. The van der Waals surface area contributed by atoms with E-state index in [1.54, 1.807) is 30.3 Å². The molecule has 16 rings (SSSR count). The molecule has 0 saturated carbocycles. The number of nitrogens with one attached hydrogen (secondary N) is 2. The predicted molar refractivity (Wildman–Crippen MR) is 319 cm³/mol. The molecule has 0 atom stereocenters. The first kappa shape index (κ1) is 49.0. The van der Waals surface area contributed by atoms with E-state index in [0.717, 1.165) is 32.3 Å². The van der Waals surface area contributed by atoms with Crippen molar-refractivity contribution in [2.24, 2.45) is 0 Å². The Kier molecular flexibility index (Phi) is 10.7. The molecule has 10 aromatic carbocycles. The first-order chi connectivity index (χ1) is 40.8. The van der Waals surface area contributed by atoms with Crippen LogP contribution in [0.2, 0.25) is 0 Å². The normalized spacial score (nSPS) is 12.4. The number of ether oxygens (including phenoxy) is 2. The highest BCUT2D eigenvalue weighted by molar-refractivity contribution is 7.86. The molecule has 3 aliphatic rings. The van der Waals surface area contributed by atoms with E-state index in [1.165, 1.54) is 48.5 Å². The molecular formula is C64H36N8O10S2. The standard InChI is InChI=1S/C64H36N8O10S2/c73-83(74,75)39-23-17-35(18-24-39)79-37-21-27-43-47(31-37)61-67-57(43)65-59-45-11-5-13-49-55(45)63(70-59)72-64-56-46(60(71-64)66-58-44-28-22-38(32-48(44)62(68-58)69-61)80-36-19-25-40(26-20-36)84(76,77)78)12-6-14-50(56)82-52-30-16-34-8-2-4-10-42(34)54(52)53-41-9-3-1-7-33(41)15-29-51(53)81-49/h1-32H,(H,73,74,75)(H,76,77,78)(H2,65,66,67,68,69,70,71,72). The fourth-order valence-electron chi connectivity index (χ4n) is 11.1. The zero-order chi connectivity index (χ0) is 56.6. The summed E-state index contributed by atoms with van der Waals surface area (Å²) in [5.41, 5.74) is 5.53. The van der Waals surface area contributed by atoms with Crippen LogP contribution in [0.5, 0.6) is 23.0 Å². The third kappa shape index (κ3) is 8.15. The summed E-state index contributed by atoms with van der Waals surface area (Å²) >= 11 is 0. The van der Waals surface area contributed by atoms with Gasteiger partial charge in [-0.2, -0.15) is 16.8 Å². The van der Waals surface area contributed by atoms with Gasteiger partial charge in [-0.25, -0.2) is 29.9 Å². The third-order valence-electron chi connectivity index (χ3n) is 14.9. The van der Waals surface area contributed by atoms with Crippen LogP contribution in [0.15, 0.2) is 213 Å². The van der Waals surface area contributed by atoms with Gasteiger partial charge in [0.2, 0.25) is 0 Å². The fraction of sp³-hybridized carbons (Fsp3) is 0. The number of nitrogens with zero attached hydrogens (tertiary/aromatic N) is 6. The first-order valence-corrected chi connectivity index (χ1v) is 29.0. The minimum absolute atomic E-state index is 0.227. The molecule has 3 aromatic heterocycles. The molecule has 0 saturated heterocycles. The van der Waals surface area contributed by atoms with Crippen LogP contribution >= 0.6 is 0 Å². The SMILES string of the molecule is O=S(=O)(O)c1ccc(Oc2ccc3c(c2)-c2nc-3nc3[nH]c4nc5nc(nc6[nH]c(n2)c2cc(Oc7ccc(S(=O)(=O)O)cc7)ccc62)c2cccc(oc6ccc7ccccc7c6c6c(ccc7ccccc76)oc6cccc3c46)c2-5)cc1. The summed E-state index contributed by atoms with van der Waals surface area (Å²) in [5, 5.41) is 8.56. The van der Waals surface area contributed by atoms with E-state index in [2.05, 4.69) is 34.2 Å². The van der Waals surface area contributed by atoms with Gasteiger partial charge in [0, 0.05) is 43.4 Å². The minimum Gasteiger partial charge on any atom is -0.457 e. The lowest BCUT2D eigenvalue weighted by Crippen LogP contribution is -1.97. The Morgan fingerprint density at radius 2 is 0.857 bits per heavy atom. The Bertz CT molecular complexity index is 5770. The number of hydrogen-bond acceptors (Lipinski definition) is 14.